The summed E-state index contributed by atoms with van der Waals surface area (Å²) in [6.45, 7) is 7.36. The second-order valence-corrected chi connectivity index (χ2v) is 4.59. The Bertz CT molecular complexity index is 326. The minimum atomic E-state index is 0.236. The minimum absolute atomic E-state index is 0.236. The van der Waals surface area contributed by atoms with Crippen LogP contribution >= 0.6 is 0 Å². The average Bonchev–Trinajstić information content (AvgIpc) is 2.27. The molecule has 2 N–H and O–H groups in total. The molecule has 0 fully saturated rings. The normalized spacial score (nSPS) is 12.9. The molecule has 82 valence electrons. The van der Waals surface area contributed by atoms with Gasteiger partial charge >= 0.3 is 0 Å². The highest BCUT2D eigenvalue weighted by molar-refractivity contribution is 5.97. The number of hydrogen-bond acceptors (Lipinski definition) is 1. The molecule has 0 aromatic heterocycles. The summed E-state index contributed by atoms with van der Waals surface area (Å²) in [5.41, 5.74) is 7.15. The van der Waals surface area contributed by atoms with E-state index in [9.17, 15) is 0 Å². The van der Waals surface area contributed by atoms with Gasteiger partial charge < -0.3 is 5.73 Å². The van der Waals surface area contributed by atoms with Gasteiger partial charge in [0.25, 0.3) is 0 Å². The lowest BCUT2D eigenvalue weighted by Gasteiger charge is -2.19. The van der Waals surface area contributed by atoms with Crippen LogP contribution in [0.5, 0.6) is 0 Å². The van der Waals surface area contributed by atoms with E-state index >= 15 is 0 Å². The van der Waals surface area contributed by atoms with Gasteiger partial charge in [0, 0.05) is 12.1 Å². The molecule has 1 rings (SSSR count). The van der Waals surface area contributed by atoms with Crippen molar-refractivity contribution >= 4 is 5.84 Å². The van der Waals surface area contributed by atoms with Crippen molar-refractivity contribution in [3.8, 4) is 0 Å². The van der Waals surface area contributed by atoms with Gasteiger partial charge in [-0.2, -0.15) is 0 Å². The summed E-state index contributed by atoms with van der Waals surface area (Å²) in [5.74, 6) is 0.636. The van der Waals surface area contributed by atoms with Crippen LogP contribution in [0.15, 0.2) is 35.3 Å². The van der Waals surface area contributed by atoms with Gasteiger partial charge in [0.05, 0.1) is 0 Å². The van der Waals surface area contributed by atoms with Crippen LogP contribution in [0.2, 0.25) is 0 Å². The van der Waals surface area contributed by atoms with Crippen LogP contribution in [0.3, 0.4) is 0 Å². The van der Waals surface area contributed by atoms with E-state index in [0.717, 1.165) is 18.5 Å². The lowest BCUT2D eigenvalue weighted by molar-refractivity contribution is 0.366. The molecule has 0 unspecified atom stereocenters. The SMILES string of the molecule is CCC(C)(C)CN=C(N)c1ccccc1. The predicted octanol–water partition coefficient (Wildman–Crippen LogP) is 2.83. The highest BCUT2D eigenvalue weighted by atomic mass is 14.9. The third-order valence-electron chi connectivity index (χ3n) is 2.70. The van der Waals surface area contributed by atoms with E-state index in [-0.39, 0.29) is 5.41 Å². The van der Waals surface area contributed by atoms with Gasteiger partial charge in [-0.25, -0.2) is 0 Å². The molecule has 0 saturated heterocycles. The highest BCUT2D eigenvalue weighted by Crippen LogP contribution is 2.19. The van der Waals surface area contributed by atoms with E-state index < -0.39 is 0 Å². The molecule has 0 aliphatic carbocycles. The summed E-state index contributed by atoms with van der Waals surface area (Å²) in [7, 11) is 0. The van der Waals surface area contributed by atoms with Crippen molar-refractivity contribution in [2.75, 3.05) is 6.54 Å². The smallest absolute Gasteiger partial charge is 0.125 e. The molecule has 0 amide bonds. The second kappa shape index (κ2) is 4.96. The summed E-state index contributed by atoms with van der Waals surface area (Å²) in [6.07, 6.45) is 1.11. The molecule has 0 radical (unpaired) electrons. The van der Waals surface area contributed by atoms with Gasteiger partial charge in [-0.05, 0) is 11.8 Å². The Morgan fingerprint density at radius 1 is 1.27 bits per heavy atom. The fourth-order valence-electron chi connectivity index (χ4n) is 1.11. The molecule has 2 heteroatoms. The van der Waals surface area contributed by atoms with E-state index in [4.69, 9.17) is 5.73 Å². The molecule has 0 bridgehead atoms. The van der Waals surface area contributed by atoms with Crippen LogP contribution in [0.25, 0.3) is 0 Å². The third kappa shape index (κ3) is 3.74. The largest absolute Gasteiger partial charge is 0.384 e. The van der Waals surface area contributed by atoms with Crippen molar-refractivity contribution in [3.63, 3.8) is 0 Å². The van der Waals surface area contributed by atoms with Crippen molar-refractivity contribution in [1.29, 1.82) is 0 Å². The molecule has 0 spiro atoms. The third-order valence-corrected chi connectivity index (χ3v) is 2.70. The molecule has 1 aromatic carbocycles. The van der Waals surface area contributed by atoms with Gasteiger partial charge in [-0.3, -0.25) is 4.99 Å². The topological polar surface area (TPSA) is 38.4 Å². The van der Waals surface area contributed by atoms with Crippen LogP contribution in [0, 0.1) is 5.41 Å². The van der Waals surface area contributed by atoms with Crippen LogP contribution in [-0.2, 0) is 0 Å². The lowest BCUT2D eigenvalue weighted by atomic mass is 9.91. The maximum Gasteiger partial charge on any atom is 0.125 e. The van der Waals surface area contributed by atoms with E-state index in [1.807, 2.05) is 30.3 Å². The molecular formula is C13H20N2. The summed E-state index contributed by atoms with van der Waals surface area (Å²) in [6, 6.07) is 9.90. The van der Waals surface area contributed by atoms with Crippen LogP contribution in [0.4, 0.5) is 0 Å². The van der Waals surface area contributed by atoms with Crippen molar-refractivity contribution < 1.29 is 0 Å². The number of hydrogen-bond donors (Lipinski definition) is 1. The molecule has 1 aromatic rings. The Morgan fingerprint density at radius 2 is 1.87 bits per heavy atom. The van der Waals surface area contributed by atoms with E-state index in [2.05, 4.69) is 25.8 Å². The van der Waals surface area contributed by atoms with Crippen molar-refractivity contribution in [2.24, 2.45) is 16.1 Å². The van der Waals surface area contributed by atoms with Crippen LogP contribution in [0.1, 0.15) is 32.8 Å². The zero-order chi connectivity index (χ0) is 11.3. The maximum atomic E-state index is 5.91. The Balaban J connectivity index is 2.69. The van der Waals surface area contributed by atoms with E-state index in [0.29, 0.717) is 5.84 Å². The van der Waals surface area contributed by atoms with Gasteiger partial charge in [0.1, 0.15) is 5.84 Å². The summed E-state index contributed by atoms with van der Waals surface area (Å²) in [5, 5.41) is 0. The first kappa shape index (κ1) is 11.8. The zero-order valence-corrected chi connectivity index (χ0v) is 9.83. The number of benzene rings is 1. The summed E-state index contributed by atoms with van der Waals surface area (Å²) < 4.78 is 0. The van der Waals surface area contributed by atoms with E-state index in [1.165, 1.54) is 0 Å². The van der Waals surface area contributed by atoms with E-state index in [1.54, 1.807) is 0 Å². The number of rotatable bonds is 4. The molecule has 0 atom stereocenters. The van der Waals surface area contributed by atoms with Crippen LogP contribution < -0.4 is 5.73 Å². The monoisotopic (exact) mass is 204 g/mol. The predicted molar refractivity (Wildman–Crippen MR) is 66.1 cm³/mol. The number of nitrogens with zero attached hydrogens (tertiary/aromatic N) is 1. The molecule has 15 heavy (non-hydrogen) atoms. The number of amidine groups is 1. The first-order chi connectivity index (χ1) is 7.05. The number of aliphatic imine (C=N–C) groups is 1. The van der Waals surface area contributed by atoms with Crippen molar-refractivity contribution in [3.05, 3.63) is 35.9 Å². The standard InChI is InChI=1S/C13H20N2/c1-4-13(2,3)10-15-12(14)11-8-6-5-7-9-11/h5-9H,4,10H2,1-3H3,(H2,14,15). The number of nitrogens with two attached hydrogens (primary N) is 1. The van der Waals surface area contributed by atoms with Crippen molar-refractivity contribution in [1.82, 2.24) is 0 Å². The fourth-order valence-corrected chi connectivity index (χ4v) is 1.11. The Kier molecular flexibility index (Phi) is 3.89. The average molecular weight is 204 g/mol. The fraction of sp³-hybridized carbons (Fsp3) is 0.462. The van der Waals surface area contributed by atoms with Gasteiger partial charge in [-0.15, -0.1) is 0 Å². The van der Waals surface area contributed by atoms with Crippen LogP contribution in [-0.4, -0.2) is 12.4 Å². The van der Waals surface area contributed by atoms with Gasteiger partial charge in [0.15, 0.2) is 0 Å². The molecule has 0 heterocycles. The van der Waals surface area contributed by atoms with Crippen molar-refractivity contribution in [2.45, 2.75) is 27.2 Å². The first-order valence-electron chi connectivity index (χ1n) is 5.40. The summed E-state index contributed by atoms with van der Waals surface area (Å²) in [4.78, 5) is 4.43. The van der Waals surface area contributed by atoms with Gasteiger partial charge in [0.2, 0.25) is 0 Å². The molecule has 0 saturated carbocycles. The quantitative estimate of drug-likeness (QED) is 0.594. The first-order valence-corrected chi connectivity index (χ1v) is 5.40. The Morgan fingerprint density at radius 3 is 2.40 bits per heavy atom. The second-order valence-electron chi connectivity index (χ2n) is 4.59. The Hall–Kier alpha value is -1.31. The molecular weight excluding hydrogens is 184 g/mol. The Labute approximate surface area is 92.2 Å². The maximum absolute atomic E-state index is 5.91. The minimum Gasteiger partial charge on any atom is -0.384 e. The molecule has 0 aliphatic rings. The zero-order valence-electron chi connectivity index (χ0n) is 9.83. The highest BCUT2D eigenvalue weighted by Gasteiger charge is 2.14. The van der Waals surface area contributed by atoms with Gasteiger partial charge in [-0.1, -0.05) is 51.1 Å². The lowest BCUT2D eigenvalue weighted by Crippen LogP contribution is -2.19. The molecule has 0 aliphatic heterocycles. The summed E-state index contributed by atoms with van der Waals surface area (Å²) >= 11 is 0. The molecule has 2 nitrogen and oxygen atoms in total.